The Labute approximate surface area is 99.8 Å². The van der Waals surface area contributed by atoms with Gasteiger partial charge in [0.15, 0.2) is 0 Å². The van der Waals surface area contributed by atoms with Gasteiger partial charge in [0.25, 0.3) is 0 Å². The molecule has 7 heteroatoms. The molecule has 4 fully saturated rings. The van der Waals surface area contributed by atoms with Crippen molar-refractivity contribution >= 4 is 12.6 Å². The Bertz CT molecular complexity index is 174. The predicted molar refractivity (Wildman–Crippen MR) is 51.2 cm³/mol. The van der Waals surface area contributed by atoms with Crippen LogP contribution in [0.4, 0.5) is 0 Å². The number of nitrogens with zero attached hydrogens (tertiary/aromatic N) is 5. The van der Waals surface area contributed by atoms with Crippen LogP contribution in [-0.2, 0) is 16.8 Å². The fraction of sp³-hybridized carbons (Fsp3) is 0.857. The van der Waals surface area contributed by atoms with Crippen LogP contribution in [0.5, 0.6) is 0 Å². The smallest absolute Gasteiger partial charge is 0.130 e. The molecule has 4 saturated heterocycles. The molecule has 0 spiro atoms. The molecule has 0 aromatic carbocycles. The van der Waals surface area contributed by atoms with Crippen LogP contribution in [0, 0.1) is 10.7 Å². The first-order valence-electron chi connectivity index (χ1n) is 4.24. The fourth-order valence-electron chi connectivity index (χ4n) is 2.23. The molecule has 5 nitrogen and oxygen atoms in total. The van der Waals surface area contributed by atoms with Crippen LogP contribution in [0.15, 0.2) is 0 Å². The summed E-state index contributed by atoms with van der Waals surface area (Å²) in [6, 6.07) is 0. The van der Waals surface area contributed by atoms with Crippen LogP contribution < -0.4 is 0 Å². The molecule has 14 heavy (non-hydrogen) atoms. The van der Waals surface area contributed by atoms with Gasteiger partial charge in [0.1, 0.15) is 5.40 Å². The van der Waals surface area contributed by atoms with E-state index in [1.165, 1.54) is 45.4 Å². The molecule has 0 aliphatic carbocycles. The summed E-state index contributed by atoms with van der Waals surface area (Å²) in [6.45, 7) is 7.12. The van der Waals surface area contributed by atoms with Gasteiger partial charge in [0, 0.05) is 16.8 Å². The Morgan fingerprint density at radius 2 is 0.929 bits per heavy atom. The monoisotopic (exact) mass is 258 g/mol. The van der Waals surface area contributed by atoms with Crippen molar-refractivity contribution in [3.63, 3.8) is 0 Å². The van der Waals surface area contributed by atoms with Gasteiger partial charge in [-0.3, -0.25) is 19.6 Å². The molecule has 81 valence electrons. The second-order valence-electron chi connectivity index (χ2n) is 3.63. The number of nitriles is 1. The van der Waals surface area contributed by atoms with Gasteiger partial charge in [-0.2, -0.15) is 5.26 Å². The summed E-state index contributed by atoms with van der Waals surface area (Å²) in [5.41, 5.74) is 0. The summed E-state index contributed by atoms with van der Waals surface area (Å²) >= 11 is 3.09. The minimum atomic E-state index is 0. The molecule has 1 radical (unpaired) electrons. The molecule has 0 amide bonds. The predicted octanol–water partition coefficient (Wildman–Crippen LogP) is -0.625. The second kappa shape index (κ2) is 5.32. The van der Waals surface area contributed by atoms with E-state index in [2.05, 4.69) is 32.2 Å². The van der Waals surface area contributed by atoms with E-state index < -0.39 is 0 Å². The molecule has 4 aliphatic heterocycles. The van der Waals surface area contributed by atoms with Gasteiger partial charge in [-0.15, -0.1) is 0 Å². The third kappa shape index (κ3) is 2.61. The quantitative estimate of drug-likeness (QED) is 0.463. The van der Waals surface area contributed by atoms with Crippen LogP contribution in [-0.4, -0.2) is 59.6 Å². The molecule has 0 aromatic rings. The maximum Gasteiger partial charge on any atom is 0.130 e. The minimum absolute atomic E-state index is 0. The maximum atomic E-state index is 7.18. The Morgan fingerprint density at radius 1 is 0.786 bits per heavy atom. The zero-order valence-electron chi connectivity index (χ0n) is 7.76. The van der Waals surface area contributed by atoms with Crippen LogP contribution in [0.2, 0.25) is 0 Å². The first-order chi connectivity index (χ1) is 6.31. The Morgan fingerprint density at radius 3 is 1.07 bits per heavy atom. The molecule has 4 rings (SSSR count). The summed E-state index contributed by atoms with van der Waals surface area (Å²) in [4.78, 5) is 9.88. The Kier molecular flexibility index (Phi) is 4.66. The summed E-state index contributed by atoms with van der Waals surface area (Å²) in [5, 5.41) is 8.63. The SMILES string of the molecule is C1N2CN3CN1CN(C2)C3.N#CS.[Co]. The Balaban J connectivity index is 0.000000223. The van der Waals surface area contributed by atoms with Crippen LogP contribution in [0.3, 0.4) is 0 Å². The van der Waals surface area contributed by atoms with E-state index in [0.29, 0.717) is 0 Å². The average Bonchev–Trinajstić information content (AvgIpc) is 2.01. The van der Waals surface area contributed by atoms with E-state index >= 15 is 0 Å². The summed E-state index contributed by atoms with van der Waals surface area (Å²) < 4.78 is 0. The molecule has 4 aliphatic rings. The molecule has 0 N–H and O–H groups in total. The van der Waals surface area contributed by atoms with Crippen molar-refractivity contribution in [3.05, 3.63) is 0 Å². The van der Waals surface area contributed by atoms with E-state index in [1.54, 1.807) is 0 Å². The van der Waals surface area contributed by atoms with Crippen LogP contribution in [0.25, 0.3) is 0 Å². The minimum Gasteiger partial charge on any atom is -0.264 e. The normalized spacial score (nSPS) is 41.7. The second-order valence-corrected chi connectivity index (χ2v) is 3.83. The zero-order valence-corrected chi connectivity index (χ0v) is 9.69. The maximum absolute atomic E-state index is 7.18. The van der Waals surface area contributed by atoms with Crippen molar-refractivity contribution < 1.29 is 16.8 Å². The molecule has 0 aromatic heterocycles. The average molecular weight is 258 g/mol. The molecule has 0 saturated carbocycles. The number of thiol groups is 1. The molecule has 0 atom stereocenters. The van der Waals surface area contributed by atoms with Gasteiger partial charge in [-0.05, 0) is 0 Å². The van der Waals surface area contributed by atoms with Crippen molar-refractivity contribution in [3.8, 4) is 5.40 Å². The van der Waals surface area contributed by atoms with E-state index in [9.17, 15) is 0 Å². The van der Waals surface area contributed by atoms with Gasteiger partial charge in [0.05, 0.1) is 40.0 Å². The van der Waals surface area contributed by atoms with Crippen LogP contribution in [0.1, 0.15) is 0 Å². The van der Waals surface area contributed by atoms with Gasteiger partial charge in [0.2, 0.25) is 0 Å². The third-order valence-electron chi connectivity index (χ3n) is 2.40. The van der Waals surface area contributed by atoms with E-state index in [-0.39, 0.29) is 16.8 Å². The van der Waals surface area contributed by atoms with Gasteiger partial charge in [-0.25, -0.2) is 0 Å². The zero-order chi connectivity index (χ0) is 9.26. The molecule has 0 unspecified atom stereocenters. The Hall–Kier alpha value is 0.186. The van der Waals surface area contributed by atoms with E-state index in [1.807, 2.05) is 0 Å². The van der Waals surface area contributed by atoms with E-state index in [0.717, 1.165) is 0 Å². The number of hydrogen-bond acceptors (Lipinski definition) is 6. The first-order valence-corrected chi connectivity index (χ1v) is 4.69. The molecular formula is C7H13CoN5S. The topological polar surface area (TPSA) is 36.8 Å². The number of rotatable bonds is 0. The van der Waals surface area contributed by atoms with Crippen molar-refractivity contribution in [1.82, 2.24) is 19.6 Å². The largest absolute Gasteiger partial charge is 0.264 e. The van der Waals surface area contributed by atoms with Crippen molar-refractivity contribution in [2.45, 2.75) is 0 Å². The van der Waals surface area contributed by atoms with Gasteiger partial charge >= 0.3 is 0 Å². The van der Waals surface area contributed by atoms with Gasteiger partial charge < -0.3 is 0 Å². The third-order valence-corrected chi connectivity index (χ3v) is 2.40. The fourth-order valence-corrected chi connectivity index (χ4v) is 2.23. The van der Waals surface area contributed by atoms with Crippen molar-refractivity contribution in [2.24, 2.45) is 0 Å². The summed E-state index contributed by atoms with van der Waals surface area (Å²) in [6.07, 6.45) is 0. The van der Waals surface area contributed by atoms with Gasteiger partial charge in [-0.1, -0.05) is 12.6 Å². The van der Waals surface area contributed by atoms with E-state index in [4.69, 9.17) is 5.26 Å². The van der Waals surface area contributed by atoms with Crippen LogP contribution >= 0.6 is 12.6 Å². The number of thiocyanates is 1. The van der Waals surface area contributed by atoms with Crippen molar-refractivity contribution in [1.29, 1.82) is 5.26 Å². The standard InChI is InChI=1S/C6H12N4.CHNS.Co/c1-7-2-9-4-8(1)5-10(3-7)6-9;2-1-3;/h1-6H2;3H;. The molecule has 4 bridgehead atoms. The van der Waals surface area contributed by atoms with Crippen molar-refractivity contribution in [2.75, 3.05) is 40.0 Å². The summed E-state index contributed by atoms with van der Waals surface area (Å²) in [5.74, 6) is 0. The molecular weight excluding hydrogens is 245 g/mol. The number of hydrogen-bond donors (Lipinski definition) is 1. The first kappa shape index (κ1) is 12.3. The summed E-state index contributed by atoms with van der Waals surface area (Å²) in [7, 11) is 0. The molecule has 4 heterocycles.